The third-order valence-corrected chi connectivity index (χ3v) is 5.03. The highest BCUT2D eigenvalue weighted by atomic mass is 16.5. The van der Waals surface area contributed by atoms with Crippen LogP contribution < -0.4 is 4.74 Å². The summed E-state index contributed by atoms with van der Waals surface area (Å²) in [5.74, 6) is -0.239. The van der Waals surface area contributed by atoms with Gasteiger partial charge in [-0.05, 0) is 30.5 Å². The number of nitrogens with zero attached hydrogens (tertiary/aromatic N) is 1. The number of esters is 1. The number of imide groups is 1. The summed E-state index contributed by atoms with van der Waals surface area (Å²) in [6, 6.07) is 7.24. The van der Waals surface area contributed by atoms with Gasteiger partial charge in [-0.25, -0.2) is 0 Å². The molecule has 1 saturated carbocycles. The lowest BCUT2D eigenvalue weighted by Gasteiger charge is -2.19. The van der Waals surface area contributed by atoms with Crippen molar-refractivity contribution in [2.24, 2.45) is 11.8 Å². The van der Waals surface area contributed by atoms with E-state index < -0.39 is 5.97 Å². The first kappa shape index (κ1) is 17.5. The van der Waals surface area contributed by atoms with Crippen molar-refractivity contribution in [3.63, 3.8) is 0 Å². The lowest BCUT2D eigenvalue weighted by Crippen LogP contribution is -2.33. The van der Waals surface area contributed by atoms with Crippen molar-refractivity contribution in [1.82, 2.24) is 4.90 Å². The van der Waals surface area contributed by atoms with Gasteiger partial charge in [0.15, 0.2) is 0 Å². The number of amides is 2. The number of rotatable bonds is 6. The van der Waals surface area contributed by atoms with E-state index in [4.69, 9.17) is 9.47 Å². The Bertz CT molecular complexity index is 630. The first-order valence-corrected chi connectivity index (χ1v) is 8.74. The Hall–Kier alpha value is -2.37. The molecule has 0 unspecified atom stereocenters. The maximum Gasteiger partial charge on any atom is 0.307 e. The second-order valence-electron chi connectivity index (χ2n) is 6.58. The molecule has 0 N–H and O–H groups in total. The first-order chi connectivity index (χ1) is 12.1. The highest BCUT2D eigenvalue weighted by Crippen LogP contribution is 2.37. The minimum absolute atomic E-state index is 0.0348. The van der Waals surface area contributed by atoms with E-state index in [-0.39, 0.29) is 43.2 Å². The summed E-state index contributed by atoms with van der Waals surface area (Å²) < 4.78 is 10.3. The van der Waals surface area contributed by atoms with Crippen molar-refractivity contribution >= 4 is 17.8 Å². The zero-order chi connectivity index (χ0) is 17.8. The lowest BCUT2D eigenvalue weighted by atomic mass is 9.81. The molecule has 6 heteroatoms. The van der Waals surface area contributed by atoms with Crippen LogP contribution in [0.1, 0.15) is 37.7 Å². The summed E-state index contributed by atoms with van der Waals surface area (Å²) in [4.78, 5) is 37.9. The fraction of sp³-hybridized carbons (Fsp3) is 0.526. The molecule has 6 nitrogen and oxygen atoms in total. The Morgan fingerprint density at radius 2 is 1.68 bits per heavy atom. The average Bonchev–Trinajstić information content (AvgIpc) is 2.89. The van der Waals surface area contributed by atoms with Crippen LogP contribution in [0.3, 0.4) is 0 Å². The SMILES string of the molecule is COc1ccc(COC(=O)CCN2C(=O)[C@H]3CCCC[C@H]3C2=O)cc1. The van der Waals surface area contributed by atoms with Crippen LogP contribution in [-0.2, 0) is 25.7 Å². The van der Waals surface area contributed by atoms with Gasteiger partial charge in [0, 0.05) is 6.54 Å². The van der Waals surface area contributed by atoms with Crippen LogP contribution in [0.2, 0.25) is 0 Å². The summed E-state index contributed by atoms with van der Waals surface area (Å²) in [7, 11) is 1.59. The summed E-state index contributed by atoms with van der Waals surface area (Å²) >= 11 is 0. The van der Waals surface area contributed by atoms with Gasteiger partial charge in [0.2, 0.25) is 11.8 Å². The molecule has 1 aromatic rings. The number of hydrogen-bond acceptors (Lipinski definition) is 5. The molecule has 2 aliphatic rings. The van der Waals surface area contributed by atoms with Crippen LogP contribution in [0.25, 0.3) is 0 Å². The van der Waals surface area contributed by atoms with E-state index in [1.165, 1.54) is 4.90 Å². The molecule has 0 radical (unpaired) electrons. The average molecular weight is 345 g/mol. The van der Waals surface area contributed by atoms with Gasteiger partial charge in [-0.1, -0.05) is 25.0 Å². The minimum atomic E-state index is -0.411. The molecule has 134 valence electrons. The third kappa shape index (κ3) is 3.83. The lowest BCUT2D eigenvalue weighted by molar-refractivity contribution is -0.146. The van der Waals surface area contributed by atoms with E-state index >= 15 is 0 Å². The van der Waals surface area contributed by atoms with Gasteiger partial charge in [0.05, 0.1) is 25.4 Å². The summed E-state index contributed by atoms with van der Waals surface area (Å²) in [5, 5.41) is 0. The van der Waals surface area contributed by atoms with Crippen LogP contribution in [0.4, 0.5) is 0 Å². The fourth-order valence-corrected chi connectivity index (χ4v) is 3.61. The monoisotopic (exact) mass is 345 g/mol. The normalized spacial score (nSPS) is 22.7. The molecular formula is C19H23NO5. The van der Waals surface area contributed by atoms with Crippen molar-refractivity contribution in [2.45, 2.75) is 38.7 Å². The maximum atomic E-state index is 12.3. The molecule has 1 heterocycles. The first-order valence-electron chi connectivity index (χ1n) is 8.74. The Kier molecular flexibility index (Phi) is 5.36. The number of carbonyl (C=O) groups excluding carboxylic acids is 3. The van der Waals surface area contributed by atoms with Gasteiger partial charge in [-0.3, -0.25) is 19.3 Å². The molecule has 2 fully saturated rings. The van der Waals surface area contributed by atoms with Gasteiger partial charge in [-0.15, -0.1) is 0 Å². The molecule has 25 heavy (non-hydrogen) atoms. The summed E-state index contributed by atoms with van der Waals surface area (Å²) in [6.07, 6.45) is 3.60. The van der Waals surface area contributed by atoms with Gasteiger partial charge in [-0.2, -0.15) is 0 Å². The second-order valence-corrected chi connectivity index (χ2v) is 6.58. The molecule has 2 atom stereocenters. The van der Waals surface area contributed by atoms with Crippen molar-refractivity contribution in [1.29, 1.82) is 0 Å². The zero-order valence-electron chi connectivity index (χ0n) is 14.4. The zero-order valence-corrected chi connectivity index (χ0v) is 14.4. The van der Waals surface area contributed by atoms with Crippen molar-refractivity contribution in [2.75, 3.05) is 13.7 Å². The highest BCUT2D eigenvalue weighted by Gasteiger charge is 2.47. The molecule has 2 amide bonds. The molecule has 1 aliphatic carbocycles. The summed E-state index contributed by atoms with van der Waals surface area (Å²) in [6.45, 7) is 0.280. The Morgan fingerprint density at radius 3 is 2.24 bits per heavy atom. The number of fused-ring (bicyclic) bond motifs is 1. The largest absolute Gasteiger partial charge is 0.497 e. The molecule has 1 aromatic carbocycles. The molecule has 3 rings (SSSR count). The standard InChI is InChI=1S/C19H23NO5/c1-24-14-8-6-13(7-9-14)12-25-17(21)10-11-20-18(22)15-4-2-3-5-16(15)19(20)23/h6-9,15-16H,2-5,10-12H2,1H3/t15-,16+. The molecule has 0 spiro atoms. The molecular weight excluding hydrogens is 322 g/mol. The van der Waals surface area contributed by atoms with E-state index in [9.17, 15) is 14.4 Å². The van der Waals surface area contributed by atoms with Crippen LogP contribution >= 0.6 is 0 Å². The molecule has 1 aliphatic heterocycles. The highest BCUT2D eigenvalue weighted by molar-refractivity contribution is 6.05. The Labute approximate surface area is 147 Å². The van der Waals surface area contributed by atoms with Gasteiger partial charge < -0.3 is 9.47 Å². The van der Waals surface area contributed by atoms with Gasteiger partial charge >= 0.3 is 5.97 Å². The molecule has 1 saturated heterocycles. The number of hydrogen-bond donors (Lipinski definition) is 0. The smallest absolute Gasteiger partial charge is 0.307 e. The number of carbonyl (C=O) groups is 3. The van der Waals surface area contributed by atoms with E-state index in [1.807, 2.05) is 12.1 Å². The van der Waals surface area contributed by atoms with E-state index in [0.29, 0.717) is 0 Å². The fourth-order valence-electron chi connectivity index (χ4n) is 3.61. The van der Waals surface area contributed by atoms with E-state index in [0.717, 1.165) is 37.0 Å². The maximum absolute atomic E-state index is 12.3. The van der Waals surface area contributed by atoms with Crippen LogP contribution in [-0.4, -0.2) is 36.3 Å². The minimum Gasteiger partial charge on any atom is -0.497 e. The number of methoxy groups -OCH3 is 1. The Balaban J connectivity index is 1.47. The predicted octanol–water partition coefficient (Wildman–Crippen LogP) is 2.30. The van der Waals surface area contributed by atoms with Crippen molar-refractivity contribution in [3.8, 4) is 5.75 Å². The Morgan fingerprint density at radius 1 is 1.08 bits per heavy atom. The predicted molar refractivity (Wildman–Crippen MR) is 89.6 cm³/mol. The van der Waals surface area contributed by atoms with Crippen LogP contribution in [0.15, 0.2) is 24.3 Å². The van der Waals surface area contributed by atoms with Crippen molar-refractivity contribution in [3.05, 3.63) is 29.8 Å². The van der Waals surface area contributed by atoms with Crippen LogP contribution in [0, 0.1) is 11.8 Å². The summed E-state index contributed by atoms with van der Waals surface area (Å²) in [5.41, 5.74) is 0.855. The molecule has 0 bridgehead atoms. The number of likely N-dealkylation sites (tertiary alicyclic amines) is 1. The van der Waals surface area contributed by atoms with Gasteiger partial charge in [0.25, 0.3) is 0 Å². The third-order valence-electron chi connectivity index (χ3n) is 5.03. The van der Waals surface area contributed by atoms with E-state index in [2.05, 4.69) is 0 Å². The van der Waals surface area contributed by atoms with Crippen molar-refractivity contribution < 1.29 is 23.9 Å². The van der Waals surface area contributed by atoms with Gasteiger partial charge in [0.1, 0.15) is 12.4 Å². The quantitative estimate of drug-likeness (QED) is 0.584. The van der Waals surface area contributed by atoms with Crippen LogP contribution in [0.5, 0.6) is 5.75 Å². The number of ether oxygens (including phenoxy) is 2. The van der Waals surface area contributed by atoms with E-state index in [1.54, 1.807) is 19.2 Å². The number of benzene rings is 1. The second kappa shape index (κ2) is 7.68. The molecule has 0 aromatic heterocycles. The topological polar surface area (TPSA) is 72.9 Å².